The first-order valence-corrected chi connectivity index (χ1v) is 6.33. The van der Waals surface area contributed by atoms with E-state index >= 15 is 0 Å². The molecule has 2 aromatic rings. The van der Waals surface area contributed by atoms with E-state index in [9.17, 15) is 5.11 Å². The Bertz CT molecular complexity index is 453. The molecule has 2 heteroatoms. The maximum Gasteiger partial charge on any atom is 0.0892 e. The van der Waals surface area contributed by atoms with Gasteiger partial charge in [0.15, 0.2) is 0 Å². The molecule has 0 spiro atoms. The molecule has 16 heavy (non-hydrogen) atoms. The second kappa shape index (κ2) is 5.28. The quantitative estimate of drug-likeness (QED) is 0.846. The molecular weight excluding hydrogens is 264 g/mol. The highest BCUT2D eigenvalue weighted by Gasteiger charge is 2.11. The van der Waals surface area contributed by atoms with E-state index in [0.717, 1.165) is 16.7 Å². The Morgan fingerprint density at radius 1 is 0.938 bits per heavy atom. The maximum absolute atomic E-state index is 9.92. The van der Waals surface area contributed by atoms with Gasteiger partial charge < -0.3 is 5.11 Å². The van der Waals surface area contributed by atoms with Crippen LogP contribution in [0, 0.1) is 0 Å². The Balaban J connectivity index is 2.49. The zero-order valence-electron chi connectivity index (χ0n) is 8.81. The van der Waals surface area contributed by atoms with E-state index in [1.165, 1.54) is 0 Å². The molecule has 0 aliphatic heterocycles. The third kappa shape index (κ3) is 2.34. The van der Waals surface area contributed by atoms with Gasteiger partial charge in [0, 0.05) is 5.33 Å². The summed E-state index contributed by atoms with van der Waals surface area (Å²) in [6, 6.07) is 18.1. The number of hydrogen-bond acceptors (Lipinski definition) is 1. The van der Waals surface area contributed by atoms with Gasteiger partial charge >= 0.3 is 0 Å². The SMILES string of the molecule is OC(CBr)c1ccccc1-c1ccccc1. The van der Waals surface area contributed by atoms with Crippen molar-refractivity contribution in [3.05, 3.63) is 60.2 Å². The van der Waals surface area contributed by atoms with Crippen LogP contribution in [-0.4, -0.2) is 10.4 Å². The summed E-state index contributed by atoms with van der Waals surface area (Å²) < 4.78 is 0. The van der Waals surface area contributed by atoms with Crippen molar-refractivity contribution in [1.82, 2.24) is 0 Å². The van der Waals surface area contributed by atoms with Crippen molar-refractivity contribution in [3.63, 3.8) is 0 Å². The minimum Gasteiger partial charge on any atom is -0.388 e. The summed E-state index contributed by atoms with van der Waals surface area (Å²) in [5.41, 5.74) is 3.19. The van der Waals surface area contributed by atoms with Crippen molar-refractivity contribution in [2.75, 3.05) is 5.33 Å². The lowest BCUT2D eigenvalue weighted by molar-refractivity contribution is 0.206. The molecule has 1 nitrogen and oxygen atoms in total. The molecule has 0 aliphatic rings. The Hall–Kier alpha value is -1.12. The molecular formula is C14H13BrO. The third-order valence-electron chi connectivity index (χ3n) is 2.55. The van der Waals surface area contributed by atoms with Gasteiger partial charge in [-0.05, 0) is 16.7 Å². The number of alkyl halides is 1. The lowest BCUT2D eigenvalue weighted by atomic mass is 9.97. The second-order valence-electron chi connectivity index (χ2n) is 3.62. The van der Waals surface area contributed by atoms with Crippen LogP contribution in [0.15, 0.2) is 54.6 Å². The molecule has 0 bridgehead atoms. The first-order valence-electron chi connectivity index (χ1n) is 5.21. The zero-order chi connectivity index (χ0) is 11.4. The zero-order valence-corrected chi connectivity index (χ0v) is 10.4. The van der Waals surface area contributed by atoms with E-state index in [2.05, 4.69) is 28.1 Å². The summed E-state index contributed by atoms with van der Waals surface area (Å²) in [5, 5.41) is 10.5. The van der Waals surface area contributed by atoms with Gasteiger partial charge in [-0.25, -0.2) is 0 Å². The second-order valence-corrected chi connectivity index (χ2v) is 4.27. The molecule has 1 N–H and O–H groups in total. The molecule has 0 aliphatic carbocycles. The first kappa shape index (κ1) is 11.4. The Morgan fingerprint density at radius 2 is 1.56 bits per heavy atom. The molecule has 0 saturated heterocycles. The number of hydrogen-bond donors (Lipinski definition) is 1. The summed E-state index contributed by atoms with van der Waals surface area (Å²) in [4.78, 5) is 0. The summed E-state index contributed by atoms with van der Waals surface area (Å²) in [5.74, 6) is 0. The van der Waals surface area contributed by atoms with Crippen LogP contribution in [0.5, 0.6) is 0 Å². The molecule has 2 rings (SSSR count). The third-order valence-corrected chi connectivity index (χ3v) is 3.16. The minimum atomic E-state index is -0.462. The van der Waals surface area contributed by atoms with Crippen molar-refractivity contribution in [2.24, 2.45) is 0 Å². The molecule has 1 atom stereocenters. The molecule has 0 radical (unpaired) electrons. The van der Waals surface area contributed by atoms with Gasteiger partial charge in [-0.15, -0.1) is 0 Å². The van der Waals surface area contributed by atoms with Gasteiger partial charge in [0.05, 0.1) is 6.10 Å². The number of aliphatic hydroxyl groups excluding tert-OH is 1. The smallest absolute Gasteiger partial charge is 0.0892 e. The number of rotatable bonds is 3. The van der Waals surface area contributed by atoms with Crippen LogP contribution in [0.25, 0.3) is 11.1 Å². The molecule has 82 valence electrons. The van der Waals surface area contributed by atoms with Gasteiger partial charge in [0.25, 0.3) is 0 Å². The van der Waals surface area contributed by atoms with Crippen molar-refractivity contribution in [2.45, 2.75) is 6.10 Å². The molecule has 0 fully saturated rings. The molecule has 1 unspecified atom stereocenters. The number of halogens is 1. The van der Waals surface area contributed by atoms with Crippen LogP contribution < -0.4 is 0 Å². The standard InChI is InChI=1S/C14H13BrO/c15-10-14(16)13-9-5-4-8-12(13)11-6-2-1-3-7-11/h1-9,14,16H,10H2. The van der Waals surface area contributed by atoms with E-state index < -0.39 is 6.10 Å². The fourth-order valence-corrected chi connectivity index (χ4v) is 2.10. The summed E-state index contributed by atoms with van der Waals surface area (Å²) >= 11 is 3.31. The van der Waals surface area contributed by atoms with E-state index in [0.29, 0.717) is 5.33 Å². The van der Waals surface area contributed by atoms with Gasteiger partial charge in [0.2, 0.25) is 0 Å². The van der Waals surface area contributed by atoms with Crippen molar-refractivity contribution in [1.29, 1.82) is 0 Å². The van der Waals surface area contributed by atoms with E-state index in [4.69, 9.17) is 0 Å². The van der Waals surface area contributed by atoms with Crippen molar-refractivity contribution in [3.8, 4) is 11.1 Å². The van der Waals surface area contributed by atoms with Crippen LogP contribution >= 0.6 is 15.9 Å². The lowest BCUT2D eigenvalue weighted by Gasteiger charge is -2.13. The first-order chi connectivity index (χ1) is 7.83. The molecule has 2 aromatic carbocycles. The summed E-state index contributed by atoms with van der Waals surface area (Å²) in [6.45, 7) is 0. The van der Waals surface area contributed by atoms with E-state index in [1.54, 1.807) is 0 Å². The van der Waals surface area contributed by atoms with E-state index in [1.807, 2.05) is 42.5 Å². The van der Waals surface area contributed by atoms with E-state index in [-0.39, 0.29) is 0 Å². The fraction of sp³-hybridized carbons (Fsp3) is 0.143. The van der Waals surface area contributed by atoms with Crippen LogP contribution in [0.1, 0.15) is 11.7 Å². The van der Waals surface area contributed by atoms with Crippen molar-refractivity contribution >= 4 is 15.9 Å². The topological polar surface area (TPSA) is 20.2 Å². The summed E-state index contributed by atoms with van der Waals surface area (Å²) in [7, 11) is 0. The molecule has 0 amide bonds. The molecule has 0 heterocycles. The predicted octanol–water partition coefficient (Wildman–Crippen LogP) is 3.78. The average Bonchev–Trinajstić information content (AvgIpc) is 2.39. The Kier molecular flexibility index (Phi) is 3.75. The van der Waals surface area contributed by atoms with Crippen LogP contribution in [0.2, 0.25) is 0 Å². The monoisotopic (exact) mass is 276 g/mol. The van der Waals surface area contributed by atoms with Gasteiger partial charge in [-0.3, -0.25) is 0 Å². The normalized spacial score (nSPS) is 12.4. The Labute approximate surface area is 104 Å². The van der Waals surface area contributed by atoms with Crippen LogP contribution in [-0.2, 0) is 0 Å². The largest absolute Gasteiger partial charge is 0.388 e. The highest BCUT2D eigenvalue weighted by atomic mass is 79.9. The summed E-state index contributed by atoms with van der Waals surface area (Å²) in [6.07, 6.45) is -0.462. The predicted molar refractivity (Wildman–Crippen MR) is 70.6 cm³/mol. The van der Waals surface area contributed by atoms with Gasteiger partial charge in [-0.1, -0.05) is 70.5 Å². The highest BCUT2D eigenvalue weighted by Crippen LogP contribution is 2.28. The molecule has 0 saturated carbocycles. The van der Waals surface area contributed by atoms with Gasteiger partial charge in [-0.2, -0.15) is 0 Å². The number of benzene rings is 2. The average molecular weight is 277 g/mol. The lowest BCUT2D eigenvalue weighted by Crippen LogP contribution is -2.00. The minimum absolute atomic E-state index is 0.462. The van der Waals surface area contributed by atoms with Crippen LogP contribution in [0.3, 0.4) is 0 Å². The van der Waals surface area contributed by atoms with Gasteiger partial charge in [0.1, 0.15) is 0 Å². The highest BCUT2D eigenvalue weighted by molar-refractivity contribution is 9.09. The maximum atomic E-state index is 9.92. The Morgan fingerprint density at radius 3 is 2.25 bits per heavy atom. The number of aliphatic hydroxyl groups is 1. The van der Waals surface area contributed by atoms with Crippen molar-refractivity contribution < 1.29 is 5.11 Å². The van der Waals surface area contributed by atoms with Crippen LogP contribution in [0.4, 0.5) is 0 Å². The molecule has 0 aromatic heterocycles. The fourth-order valence-electron chi connectivity index (χ4n) is 1.75.